The molecule has 2 nitrogen and oxygen atoms in total. The smallest absolute Gasteiger partial charge is 0.188 e. The van der Waals surface area contributed by atoms with Gasteiger partial charge in [-0.3, -0.25) is 9.78 Å². The largest absolute Gasteiger partial charge is 0.289 e. The molecule has 1 heterocycles. The fourth-order valence-corrected chi connectivity index (χ4v) is 2.07. The van der Waals surface area contributed by atoms with Crippen LogP contribution in [0.1, 0.15) is 0 Å². The lowest BCUT2D eigenvalue weighted by molar-refractivity contribution is 1.37. The Labute approximate surface area is 105 Å². The number of nitrogens with zero attached hydrogens (tertiary/aromatic N) is 1. The summed E-state index contributed by atoms with van der Waals surface area (Å²) in [6.45, 7) is 0. The topological polar surface area (TPSA) is 30.0 Å². The van der Waals surface area contributed by atoms with Gasteiger partial charge in [0.15, 0.2) is 5.43 Å². The van der Waals surface area contributed by atoms with Gasteiger partial charge in [0.2, 0.25) is 0 Å². The van der Waals surface area contributed by atoms with Gasteiger partial charge in [-0.15, -0.1) is 0 Å². The predicted octanol–water partition coefficient (Wildman–Crippen LogP) is 3.26. The molecule has 0 N–H and O–H groups in total. The summed E-state index contributed by atoms with van der Waals surface area (Å²) in [6.07, 6.45) is 1.57. The van der Waals surface area contributed by atoms with E-state index in [0.29, 0.717) is 5.39 Å². The standard InChI is InChI=1S/C16H11NO/c18-15-10-11-17-16(12-6-2-1-3-7-12)14-9-5-4-8-13(14)15/h1-11H. The quantitative estimate of drug-likeness (QED) is 0.645. The molecule has 86 valence electrons. The molecule has 2 aromatic carbocycles. The van der Waals surface area contributed by atoms with Crippen LogP contribution < -0.4 is 5.43 Å². The third kappa shape index (κ3) is 1.78. The third-order valence-corrected chi connectivity index (χ3v) is 2.92. The summed E-state index contributed by atoms with van der Waals surface area (Å²) in [5.41, 5.74) is 1.86. The Balaban J connectivity index is 2.45. The molecule has 0 radical (unpaired) electrons. The Morgan fingerprint density at radius 2 is 1.39 bits per heavy atom. The Kier molecular flexibility index (Phi) is 2.61. The molecule has 0 aliphatic heterocycles. The first kappa shape index (κ1) is 10.7. The van der Waals surface area contributed by atoms with Crippen LogP contribution in [0.4, 0.5) is 0 Å². The van der Waals surface area contributed by atoms with Gasteiger partial charge in [-0.2, -0.15) is 0 Å². The zero-order valence-electron chi connectivity index (χ0n) is 9.71. The highest BCUT2D eigenvalue weighted by atomic mass is 16.1. The van der Waals surface area contributed by atoms with Crippen LogP contribution >= 0.6 is 0 Å². The lowest BCUT2D eigenvalue weighted by Crippen LogP contribution is -1.93. The normalized spacial score (nSPS) is 10.4. The number of hydrogen-bond acceptors (Lipinski definition) is 2. The number of aromatic nitrogens is 1. The van der Waals surface area contributed by atoms with Crippen molar-refractivity contribution in [3.8, 4) is 11.3 Å². The van der Waals surface area contributed by atoms with Gasteiger partial charge in [0.25, 0.3) is 0 Å². The minimum atomic E-state index is 0.000260. The average Bonchev–Trinajstić information content (AvgIpc) is 2.60. The van der Waals surface area contributed by atoms with Gasteiger partial charge < -0.3 is 0 Å². The Morgan fingerprint density at radius 3 is 2.17 bits per heavy atom. The Morgan fingerprint density at radius 1 is 0.722 bits per heavy atom. The molecule has 0 spiro atoms. The van der Waals surface area contributed by atoms with Crippen molar-refractivity contribution in [3.63, 3.8) is 0 Å². The van der Waals surface area contributed by atoms with Gasteiger partial charge in [0.1, 0.15) is 0 Å². The minimum Gasteiger partial charge on any atom is -0.289 e. The van der Waals surface area contributed by atoms with Crippen LogP contribution in [0.3, 0.4) is 0 Å². The second-order valence-corrected chi connectivity index (χ2v) is 4.07. The summed E-state index contributed by atoms with van der Waals surface area (Å²) in [4.78, 5) is 16.3. The maximum absolute atomic E-state index is 11.9. The average molecular weight is 233 g/mol. The number of rotatable bonds is 1. The van der Waals surface area contributed by atoms with Crippen molar-refractivity contribution in [3.05, 3.63) is 77.1 Å². The summed E-state index contributed by atoms with van der Waals surface area (Å²) >= 11 is 0. The zero-order chi connectivity index (χ0) is 12.4. The highest BCUT2D eigenvalue weighted by molar-refractivity contribution is 5.93. The van der Waals surface area contributed by atoms with Gasteiger partial charge in [-0.1, -0.05) is 54.6 Å². The maximum Gasteiger partial charge on any atom is 0.188 e. The highest BCUT2D eigenvalue weighted by Gasteiger charge is 2.04. The molecule has 18 heavy (non-hydrogen) atoms. The molecule has 0 amide bonds. The van der Waals surface area contributed by atoms with E-state index >= 15 is 0 Å². The lowest BCUT2D eigenvalue weighted by atomic mass is 10.1. The molecule has 3 aromatic rings. The van der Waals surface area contributed by atoms with Gasteiger partial charge in [0.05, 0.1) is 5.69 Å². The van der Waals surface area contributed by atoms with Gasteiger partial charge in [0, 0.05) is 28.6 Å². The molecule has 0 atom stereocenters. The molecule has 0 fully saturated rings. The molecule has 0 unspecified atom stereocenters. The van der Waals surface area contributed by atoms with Crippen molar-refractivity contribution in [2.75, 3.05) is 0 Å². The first-order chi connectivity index (χ1) is 8.86. The summed E-state index contributed by atoms with van der Waals surface area (Å²) < 4.78 is 0. The molecule has 0 aliphatic rings. The van der Waals surface area contributed by atoms with Crippen molar-refractivity contribution in [2.24, 2.45) is 0 Å². The van der Waals surface area contributed by atoms with E-state index in [1.165, 1.54) is 6.07 Å². The van der Waals surface area contributed by atoms with Crippen LogP contribution in [-0.2, 0) is 0 Å². The molecule has 3 rings (SSSR count). The van der Waals surface area contributed by atoms with E-state index in [0.717, 1.165) is 16.6 Å². The molecule has 2 heteroatoms. The van der Waals surface area contributed by atoms with E-state index in [1.54, 1.807) is 6.20 Å². The molecule has 1 aromatic heterocycles. The fourth-order valence-electron chi connectivity index (χ4n) is 2.07. The predicted molar refractivity (Wildman–Crippen MR) is 73.4 cm³/mol. The monoisotopic (exact) mass is 233 g/mol. The van der Waals surface area contributed by atoms with Crippen molar-refractivity contribution in [2.45, 2.75) is 0 Å². The molecular weight excluding hydrogens is 222 g/mol. The van der Waals surface area contributed by atoms with Crippen molar-refractivity contribution < 1.29 is 0 Å². The van der Waals surface area contributed by atoms with Crippen molar-refractivity contribution >= 4 is 10.8 Å². The highest BCUT2D eigenvalue weighted by Crippen LogP contribution is 2.23. The van der Waals surface area contributed by atoms with E-state index < -0.39 is 0 Å². The molecule has 0 bridgehead atoms. The van der Waals surface area contributed by atoms with Crippen LogP contribution in [0.25, 0.3) is 22.0 Å². The van der Waals surface area contributed by atoms with E-state index in [-0.39, 0.29) is 5.43 Å². The first-order valence-corrected chi connectivity index (χ1v) is 5.80. The molecule has 0 saturated carbocycles. The summed E-state index contributed by atoms with van der Waals surface area (Å²) in [5, 5.41) is 1.59. The number of fused-ring (bicyclic) bond motifs is 1. The van der Waals surface area contributed by atoms with Crippen LogP contribution in [0.15, 0.2) is 71.7 Å². The second-order valence-electron chi connectivity index (χ2n) is 4.07. The summed E-state index contributed by atoms with van der Waals surface area (Å²) in [7, 11) is 0. The van der Waals surface area contributed by atoms with E-state index in [1.807, 2.05) is 54.6 Å². The van der Waals surface area contributed by atoms with Gasteiger partial charge >= 0.3 is 0 Å². The van der Waals surface area contributed by atoms with Crippen molar-refractivity contribution in [1.29, 1.82) is 0 Å². The SMILES string of the molecule is O=c1ccnc(-c2ccccc2)c2ccccc12. The minimum absolute atomic E-state index is 0.000260. The molecule has 0 saturated heterocycles. The van der Waals surface area contributed by atoms with Crippen molar-refractivity contribution in [1.82, 2.24) is 4.98 Å². The van der Waals surface area contributed by atoms with Gasteiger partial charge in [-0.05, 0) is 0 Å². The summed E-state index contributed by atoms with van der Waals surface area (Å²) in [5.74, 6) is 0. The van der Waals surface area contributed by atoms with Crippen LogP contribution in [0.2, 0.25) is 0 Å². The maximum atomic E-state index is 11.9. The fraction of sp³-hybridized carbons (Fsp3) is 0. The zero-order valence-corrected chi connectivity index (χ0v) is 9.71. The Bertz CT molecular complexity index is 751. The van der Waals surface area contributed by atoms with E-state index in [2.05, 4.69) is 4.98 Å². The third-order valence-electron chi connectivity index (χ3n) is 2.92. The van der Waals surface area contributed by atoms with E-state index in [9.17, 15) is 4.79 Å². The van der Waals surface area contributed by atoms with E-state index in [4.69, 9.17) is 0 Å². The van der Waals surface area contributed by atoms with Gasteiger partial charge in [-0.25, -0.2) is 0 Å². The van der Waals surface area contributed by atoms with Crippen LogP contribution in [0, 0.1) is 0 Å². The molecule has 0 aliphatic carbocycles. The summed E-state index contributed by atoms with van der Waals surface area (Å²) in [6, 6.07) is 19.0. The number of benzene rings is 2. The first-order valence-electron chi connectivity index (χ1n) is 5.80. The Hall–Kier alpha value is -2.48. The molecular formula is C16H11NO. The number of hydrogen-bond donors (Lipinski definition) is 0. The van der Waals surface area contributed by atoms with Crippen LogP contribution in [0.5, 0.6) is 0 Å². The van der Waals surface area contributed by atoms with Crippen LogP contribution in [-0.4, -0.2) is 4.98 Å². The lowest BCUT2D eigenvalue weighted by Gasteiger charge is -2.00. The second kappa shape index (κ2) is 4.41.